The number of hydrogen-bond acceptors (Lipinski definition) is 2. The second-order valence-electron chi connectivity index (χ2n) is 3.08. The van der Waals surface area contributed by atoms with Crippen LogP contribution in [0.5, 0.6) is 0 Å². The number of aromatic nitrogens is 2. The first-order chi connectivity index (χ1) is 6.72. The molecule has 0 aliphatic heterocycles. The number of nitrogens with zero attached hydrogens (tertiary/aromatic N) is 2. The molecular formula is C9H16N4S. The molecule has 5 heteroatoms. The van der Waals surface area contributed by atoms with Gasteiger partial charge in [0.1, 0.15) is 0 Å². The van der Waals surface area contributed by atoms with Crippen LogP contribution in [0.25, 0.3) is 0 Å². The maximum atomic E-state index is 4.94. The lowest BCUT2D eigenvalue weighted by molar-refractivity contribution is 0.569. The third-order valence-electron chi connectivity index (χ3n) is 1.85. The third kappa shape index (κ3) is 3.74. The highest BCUT2D eigenvalue weighted by molar-refractivity contribution is 7.80. The molecule has 0 bridgehead atoms. The minimum Gasteiger partial charge on any atom is -0.366 e. The van der Waals surface area contributed by atoms with Crippen molar-refractivity contribution in [3.63, 3.8) is 0 Å². The summed E-state index contributed by atoms with van der Waals surface area (Å²) in [7, 11) is 1.81. The Bertz CT molecular complexity index is 295. The Morgan fingerprint density at radius 2 is 2.43 bits per heavy atom. The number of nitrogens with one attached hydrogen (secondary N) is 2. The van der Waals surface area contributed by atoms with Gasteiger partial charge in [0.25, 0.3) is 0 Å². The monoisotopic (exact) mass is 212 g/mol. The van der Waals surface area contributed by atoms with Gasteiger partial charge < -0.3 is 10.6 Å². The van der Waals surface area contributed by atoms with Gasteiger partial charge in [0.05, 0.1) is 5.69 Å². The molecule has 0 atom stereocenters. The first-order valence-corrected chi connectivity index (χ1v) is 5.09. The molecule has 0 unspecified atom stereocenters. The lowest BCUT2D eigenvalue weighted by Gasteiger charge is -2.06. The molecule has 1 aromatic rings. The van der Waals surface area contributed by atoms with Crippen molar-refractivity contribution in [3.05, 3.63) is 18.0 Å². The summed E-state index contributed by atoms with van der Waals surface area (Å²) >= 11 is 4.94. The summed E-state index contributed by atoms with van der Waals surface area (Å²) in [6, 6.07) is 2.01. The average Bonchev–Trinajstić information content (AvgIpc) is 2.58. The molecule has 2 N–H and O–H groups in total. The average molecular weight is 212 g/mol. The van der Waals surface area contributed by atoms with Crippen molar-refractivity contribution in [1.82, 2.24) is 20.4 Å². The predicted molar refractivity (Wildman–Crippen MR) is 61.2 cm³/mol. The van der Waals surface area contributed by atoms with E-state index in [1.54, 1.807) is 0 Å². The van der Waals surface area contributed by atoms with E-state index in [4.69, 9.17) is 12.2 Å². The number of aryl methyl sites for hydroxylation is 2. The largest absolute Gasteiger partial charge is 0.366 e. The first-order valence-electron chi connectivity index (χ1n) is 4.68. The van der Waals surface area contributed by atoms with E-state index in [0.717, 1.165) is 25.2 Å². The van der Waals surface area contributed by atoms with Gasteiger partial charge in [-0.2, -0.15) is 5.10 Å². The Hall–Kier alpha value is -1.10. The van der Waals surface area contributed by atoms with Crippen molar-refractivity contribution in [2.75, 3.05) is 13.6 Å². The Kier molecular flexibility index (Phi) is 4.39. The fraction of sp³-hybridized carbons (Fsp3) is 0.556. The van der Waals surface area contributed by atoms with Crippen LogP contribution in [0.4, 0.5) is 0 Å². The molecule has 0 aliphatic carbocycles. The van der Waals surface area contributed by atoms with Gasteiger partial charge in [-0.05, 0) is 31.6 Å². The predicted octanol–water partition coefficient (Wildman–Crippen LogP) is 0.676. The molecule has 0 amide bonds. The second-order valence-corrected chi connectivity index (χ2v) is 3.49. The van der Waals surface area contributed by atoms with Crippen molar-refractivity contribution < 1.29 is 0 Å². The highest BCUT2D eigenvalue weighted by Gasteiger charge is 1.94. The van der Waals surface area contributed by atoms with Crippen LogP contribution in [0.1, 0.15) is 12.1 Å². The first kappa shape index (κ1) is 11.0. The molecule has 0 saturated carbocycles. The van der Waals surface area contributed by atoms with Gasteiger partial charge in [-0.25, -0.2) is 0 Å². The number of thiocarbonyl (C=S) groups is 1. The fourth-order valence-electron chi connectivity index (χ4n) is 1.12. The lowest BCUT2D eigenvalue weighted by atomic mass is 10.4. The molecule has 78 valence electrons. The Balaban J connectivity index is 2.13. The summed E-state index contributed by atoms with van der Waals surface area (Å²) in [4.78, 5) is 0. The van der Waals surface area contributed by atoms with Crippen LogP contribution >= 0.6 is 12.2 Å². The summed E-state index contributed by atoms with van der Waals surface area (Å²) in [5.74, 6) is 0. The molecule has 0 saturated heterocycles. The maximum Gasteiger partial charge on any atom is 0.166 e. The molecule has 0 radical (unpaired) electrons. The van der Waals surface area contributed by atoms with Crippen LogP contribution < -0.4 is 10.6 Å². The van der Waals surface area contributed by atoms with E-state index in [9.17, 15) is 0 Å². The van der Waals surface area contributed by atoms with Crippen molar-refractivity contribution >= 4 is 17.3 Å². The van der Waals surface area contributed by atoms with E-state index >= 15 is 0 Å². The van der Waals surface area contributed by atoms with Gasteiger partial charge in [-0.3, -0.25) is 4.68 Å². The van der Waals surface area contributed by atoms with Crippen molar-refractivity contribution in [2.24, 2.45) is 0 Å². The molecule has 0 fully saturated rings. The van der Waals surface area contributed by atoms with Gasteiger partial charge in [-0.15, -0.1) is 0 Å². The number of rotatable bonds is 4. The summed E-state index contributed by atoms with van der Waals surface area (Å²) in [5.41, 5.74) is 1.06. The summed E-state index contributed by atoms with van der Waals surface area (Å²) in [6.45, 7) is 3.79. The van der Waals surface area contributed by atoms with Crippen LogP contribution in [0.3, 0.4) is 0 Å². The Labute approximate surface area is 89.7 Å². The highest BCUT2D eigenvalue weighted by Crippen LogP contribution is 1.93. The Morgan fingerprint density at radius 3 is 3.00 bits per heavy atom. The van der Waals surface area contributed by atoms with Gasteiger partial charge >= 0.3 is 0 Å². The molecule has 1 aromatic heterocycles. The highest BCUT2D eigenvalue weighted by atomic mass is 32.1. The summed E-state index contributed by atoms with van der Waals surface area (Å²) < 4.78 is 1.94. The summed E-state index contributed by atoms with van der Waals surface area (Å²) in [5, 5.41) is 10.9. The zero-order valence-corrected chi connectivity index (χ0v) is 9.40. The molecule has 0 aromatic carbocycles. The van der Waals surface area contributed by atoms with Crippen LogP contribution in [-0.2, 0) is 6.54 Å². The smallest absolute Gasteiger partial charge is 0.166 e. The second kappa shape index (κ2) is 5.59. The molecule has 14 heavy (non-hydrogen) atoms. The normalized spacial score (nSPS) is 9.86. The molecule has 0 aliphatic rings. The lowest BCUT2D eigenvalue weighted by Crippen LogP contribution is -2.33. The van der Waals surface area contributed by atoms with Crippen LogP contribution in [0, 0.1) is 6.92 Å². The molecule has 1 rings (SSSR count). The third-order valence-corrected chi connectivity index (χ3v) is 2.20. The minimum atomic E-state index is 0.696. The minimum absolute atomic E-state index is 0.696. The van der Waals surface area contributed by atoms with Crippen molar-refractivity contribution in [3.8, 4) is 0 Å². The van der Waals surface area contributed by atoms with E-state index in [1.165, 1.54) is 0 Å². The quantitative estimate of drug-likeness (QED) is 0.569. The summed E-state index contributed by atoms with van der Waals surface area (Å²) in [6.07, 6.45) is 3.01. The van der Waals surface area contributed by atoms with Crippen LogP contribution in [0.15, 0.2) is 12.3 Å². The van der Waals surface area contributed by atoms with E-state index < -0.39 is 0 Å². The van der Waals surface area contributed by atoms with E-state index in [1.807, 2.05) is 30.9 Å². The van der Waals surface area contributed by atoms with Crippen molar-refractivity contribution in [2.45, 2.75) is 19.9 Å². The topological polar surface area (TPSA) is 41.9 Å². The van der Waals surface area contributed by atoms with Gasteiger partial charge in [-0.1, -0.05) is 0 Å². The molecular weight excluding hydrogens is 196 g/mol. The maximum absolute atomic E-state index is 4.94. The zero-order valence-electron chi connectivity index (χ0n) is 8.58. The van der Waals surface area contributed by atoms with Crippen molar-refractivity contribution in [1.29, 1.82) is 0 Å². The van der Waals surface area contributed by atoms with E-state index in [2.05, 4.69) is 15.7 Å². The van der Waals surface area contributed by atoms with E-state index in [-0.39, 0.29) is 0 Å². The van der Waals surface area contributed by atoms with Gasteiger partial charge in [0.15, 0.2) is 5.11 Å². The standard InChI is InChI=1S/C9H16N4S/c1-8-4-7-13(12-8)6-3-5-11-9(14)10-2/h4,7H,3,5-6H2,1-2H3,(H2,10,11,14). The van der Waals surface area contributed by atoms with Gasteiger partial charge in [0.2, 0.25) is 0 Å². The van der Waals surface area contributed by atoms with E-state index in [0.29, 0.717) is 5.11 Å². The fourth-order valence-corrected chi connectivity index (χ4v) is 1.22. The molecule has 1 heterocycles. The molecule has 0 spiro atoms. The SMILES string of the molecule is CNC(=S)NCCCn1ccc(C)n1. The van der Waals surface area contributed by atoms with Gasteiger partial charge in [0, 0.05) is 26.3 Å². The van der Waals surface area contributed by atoms with Crippen LogP contribution in [-0.4, -0.2) is 28.5 Å². The zero-order chi connectivity index (χ0) is 10.4. The molecule has 4 nitrogen and oxygen atoms in total. The van der Waals surface area contributed by atoms with Crippen LogP contribution in [0.2, 0.25) is 0 Å². The number of hydrogen-bond donors (Lipinski definition) is 2. The Morgan fingerprint density at radius 1 is 1.64 bits per heavy atom.